The summed E-state index contributed by atoms with van der Waals surface area (Å²) in [7, 11) is 0. The predicted octanol–water partition coefficient (Wildman–Crippen LogP) is 33.0. The number of rotatable bonds is 11. The maximum Gasteiger partial charge on any atom is 0.189 e. The molecule has 20 aromatic carbocycles. The molecule has 6 heterocycles. The van der Waals surface area contributed by atoms with Crippen LogP contribution in [0.2, 0.25) is 0 Å². The molecule has 0 aliphatic rings. The highest BCUT2D eigenvalue weighted by atomic mass is 15.0. The topological polar surface area (TPSA) is 62.1 Å². The van der Waals surface area contributed by atoms with Crippen LogP contribution >= 0.6 is 0 Å². The molecule has 0 saturated heterocycles. The molecule has 132 heavy (non-hydrogen) atoms. The summed E-state index contributed by atoms with van der Waals surface area (Å²) in [5, 5.41) is 24.2. The first-order valence-electron chi connectivity index (χ1n) is 44.4. The fourth-order valence-corrected chi connectivity index (χ4v) is 20.1. The third-order valence-corrected chi connectivity index (χ3v) is 26.2. The lowest BCUT2D eigenvalue weighted by Crippen LogP contribution is -1.94. The van der Waals surface area contributed by atoms with E-state index in [-0.39, 0.29) is 0 Å². The molecule has 0 bridgehead atoms. The lowest BCUT2D eigenvalue weighted by atomic mass is 10.0. The third kappa shape index (κ3) is 13.2. The van der Waals surface area contributed by atoms with Crippen molar-refractivity contribution in [3.63, 3.8) is 0 Å². The summed E-state index contributed by atoms with van der Waals surface area (Å²) < 4.78 is 14.0. The van der Waals surface area contributed by atoms with Crippen LogP contribution in [0.1, 0.15) is 5.56 Å². The Morgan fingerprint density at radius 3 is 0.644 bits per heavy atom. The van der Waals surface area contributed by atoms with Crippen LogP contribution in [0.5, 0.6) is 0 Å². The average molecular weight is 1680 g/mol. The van der Waals surface area contributed by atoms with Gasteiger partial charge in [0, 0.05) is 98.8 Å². The smallest absolute Gasteiger partial charge is 0.189 e. The van der Waals surface area contributed by atoms with E-state index in [4.69, 9.17) is 13.1 Å². The predicted molar refractivity (Wildman–Crippen MR) is 550 cm³/mol. The minimum absolute atomic E-state index is 0.642. The quantitative estimate of drug-likeness (QED) is 0.119. The summed E-state index contributed by atoms with van der Waals surface area (Å²) in [4.78, 5) is 7.24. The Morgan fingerprint density at radius 2 is 0.364 bits per heavy atom. The first kappa shape index (κ1) is 77.3. The Hall–Kier alpha value is -18.3. The molecule has 0 fully saturated rings. The van der Waals surface area contributed by atoms with E-state index in [9.17, 15) is 5.26 Å². The van der Waals surface area contributed by atoms with Gasteiger partial charge in [0.25, 0.3) is 0 Å². The molecule has 0 saturated carbocycles. The van der Waals surface area contributed by atoms with Crippen LogP contribution in [0.4, 0.5) is 11.4 Å². The van der Waals surface area contributed by atoms with E-state index in [1.165, 1.54) is 153 Å². The Bertz CT molecular complexity index is 9070. The van der Waals surface area contributed by atoms with Gasteiger partial charge in [0.15, 0.2) is 11.4 Å². The van der Waals surface area contributed by atoms with Gasteiger partial charge < -0.3 is 27.4 Å². The molecule has 26 rings (SSSR count). The second kappa shape index (κ2) is 32.3. The van der Waals surface area contributed by atoms with Crippen molar-refractivity contribution in [1.82, 2.24) is 27.4 Å². The lowest BCUT2D eigenvalue weighted by Gasteiger charge is -2.11. The molecule has 0 aliphatic carbocycles. The largest absolute Gasteiger partial charge is 0.311 e. The van der Waals surface area contributed by atoms with Crippen LogP contribution in [0.25, 0.3) is 230 Å². The first-order chi connectivity index (χ1) is 65.3. The van der Waals surface area contributed by atoms with Crippen molar-refractivity contribution < 1.29 is 0 Å². The number of hydrogen-bond donors (Lipinski definition) is 0. The molecular weight excluding hydrogens is 1600 g/mol. The Balaban J connectivity index is 0.000000110. The summed E-state index contributed by atoms with van der Waals surface area (Å²) in [5.74, 6) is 0. The molecule has 0 atom stereocenters. The van der Waals surface area contributed by atoms with Gasteiger partial charge in [-0.2, -0.15) is 5.26 Å². The highest BCUT2D eigenvalue weighted by Crippen LogP contribution is 2.44. The fourth-order valence-electron chi connectivity index (χ4n) is 20.1. The number of para-hydroxylation sites is 9. The normalized spacial score (nSPS) is 11.5. The zero-order chi connectivity index (χ0) is 87.9. The zero-order valence-electron chi connectivity index (χ0n) is 71.5. The van der Waals surface area contributed by atoms with Gasteiger partial charge in [0.2, 0.25) is 0 Å². The Morgan fingerprint density at radius 1 is 0.159 bits per heavy atom. The maximum absolute atomic E-state index is 9.23. The van der Waals surface area contributed by atoms with Gasteiger partial charge in [-0.05, 0) is 238 Å². The molecule has 614 valence electrons. The van der Waals surface area contributed by atoms with Gasteiger partial charge >= 0.3 is 0 Å². The Kier molecular flexibility index (Phi) is 18.9. The van der Waals surface area contributed by atoms with Crippen molar-refractivity contribution in [2.24, 2.45) is 0 Å². The number of nitriles is 1. The molecule has 26 aromatic rings. The highest BCUT2D eigenvalue weighted by Gasteiger charge is 2.22. The van der Waals surface area contributed by atoms with Crippen molar-refractivity contribution in [3.05, 3.63) is 496 Å². The number of nitrogens with zero attached hydrogens (tertiary/aromatic N) is 9. The summed E-state index contributed by atoms with van der Waals surface area (Å²) in [6.45, 7) is 14.8. The van der Waals surface area contributed by atoms with Crippen molar-refractivity contribution >= 4 is 142 Å². The number of aromatic nitrogens is 6. The molecule has 9 heteroatoms. The van der Waals surface area contributed by atoms with Crippen LogP contribution in [0.3, 0.4) is 0 Å². The lowest BCUT2D eigenvalue weighted by molar-refractivity contribution is 1.18. The second-order valence-corrected chi connectivity index (χ2v) is 33.6. The minimum Gasteiger partial charge on any atom is -0.311 e. The van der Waals surface area contributed by atoms with Crippen LogP contribution in [-0.4, -0.2) is 27.4 Å². The van der Waals surface area contributed by atoms with Crippen molar-refractivity contribution in [3.8, 4) is 95.8 Å². The van der Waals surface area contributed by atoms with Crippen LogP contribution in [0.15, 0.2) is 467 Å². The van der Waals surface area contributed by atoms with E-state index in [0.717, 1.165) is 67.4 Å². The van der Waals surface area contributed by atoms with Gasteiger partial charge in [-0.15, -0.1) is 0 Å². The Labute approximate surface area is 761 Å². The molecule has 0 unspecified atom stereocenters. The van der Waals surface area contributed by atoms with E-state index >= 15 is 0 Å². The molecule has 0 N–H and O–H groups in total. The van der Waals surface area contributed by atoms with E-state index in [1.807, 2.05) is 60.7 Å². The fraction of sp³-hybridized carbons (Fsp3) is 0. The van der Waals surface area contributed by atoms with E-state index in [1.54, 1.807) is 0 Å². The number of hydrogen-bond acceptors (Lipinski definition) is 1. The van der Waals surface area contributed by atoms with E-state index in [0.29, 0.717) is 16.9 Å². The summed E-state index contributed by atoms with van der Waals surface area (Å²) in [6, 6.07) is 167. The standard InChI is InChI=1S/2C43H27N3.C37H23N3/c1-44-33-10-8-9-31(27-33)29-17-22-35(23-18-29)46-42-16-7-4-13-38(42)39-28-32(21-26-43(39)46)30-19-24-34(25-20-30)45-40-14-5-2-11-36(40)37-12-3-6-15-41(37)45;44-28-29-16-18-30(19-17-29)32-8-7-9-35(26-32)46-42-15-6-3-12-38(42)39-27-33(22-25-43(39)46)31-20-23-34(24-21-31)45-40-13-4-1-10-36(40)37-11-2-5-14-41(37)45;1-38-27-9-8-10-29(24-27)40-36-16-7-4-13-32(36)33-23-26(19-22-37(33)40)25-17-20-28(21-18-25)39-34-14-5-2-11-30(34)31-12-3-6-15-35(31)39/h2-28H;1-27H;2-24H. The third-order valence-electron chi connectivity index (χ3n) is 26.2. The van der Waals surface area contributed by atoms with Crippen molar-refractivity contribution in [1.29, 1.82) is 5.26 Å². The zero-order valence-corrected chi connectivity index (χ0v) is 71.5. The SMILES string of the molecule is N#Cc1ccc(-c2cccc(-n3c4ccccc4c4cc(-c5ccc(-n6c7ccccc7c7ccccc76)cc5)ccc43)c2)cc1.[C-]#[N+]c1cccc(-c2ccc(-n3c4ccccc4c4cc(-c5ccc(-n6c7ccccc7c7ccccc76)cc5)ccc43)cc2)c1.[C-]#[N+]c1cccc(-n2c3ccccc3c3cc(-c4ccc(-n5c6ccccc6c6ccccc65)cc4)ccc32)c1. The molecule has 0 amide bonds. The molecular formula is C123H77N9. The first-order valence-corrected chi connectivity index (χ1v) is 44.4. The number of benzene rings is 20. The van der Waals surface area contributed by atoms with Crippen molar-refractivity contribution in [2.75, 3.05) is 0 Å². The summed E-state index contributed by atoms with van der Waals surface area (Å²) in [6.07, 6.45) is 0. The van der Waals surface area contributed by atoms with E-state index in [2.05, 4.69) is 450 Å². The van der Waals surface area contributed by atoms with Crippen LogP contribution in [0, 0.1) is 24.5 Å². The summed E-state index contributed by atoms with van der Waals surface area (Å²) in [5.41, 5.74) is 34.4. The molecule has 9 nitrogen and oxygen atoms in total. The van der Waals surface area contributed by atoms with Gasteiger partial charge in [-0.25, -0.2) is 9.69 Å². The second-order valence-electron chi connectivity index (χ2n) is 33.6. The minimum atomic E-state index is 0.642. The number of fused-ring (bicyclic) bond motifs is 18. The monoisotopic (exact) mass is 1680 g/mol. The van der Waals surface area contributed by atoms with Gasteiger partial charge in [0.05, 0.1) is 91.0 Å². The molecule has 0 radical (unpaired) electrons. The highest BCUT2D eigenvalue weighted by molar-refractivity contribution is 6.16. The molecule has 0 spiro atoms. The van der Waals surface area contributed by atoms with E-state index < -0.39 is 0 Å². The molecule has 0 aliphatic heterocycles. The van der Waals surface area contributed by atoms with Crippen LogP contribution in [-0.2, 0) is 0 Å². The van der Waals surface area contributed by atoms with Crippen molar-refractivity contribution in [2.45, 2.75) is 0 Å². The summed E-state index contributed by atoms with van der Waals surface area (Å²) >= 11 is 0. The van der Waals surface area contributed by atoms with Gasteiger partial charge in [-0.3, -0.25) is 0 Å². The maximum atomic E-state index is 9.23. The van der Waals surface area contributed by atoms with Gasteiger partial charge in [-0.1, -0.05) is 285 Å². The van der Waals surface area contributed by atoms with Gasteiger partial charge in [0.1, 0.15) is 0 Å². The van der Waals surface area contributed by atoms with Crippen LogP contribution < -0.4 is 0 Å². The average Bonchev–Trinajstić information content (AvgIpc) is 1.14. The molecule has 6 aromatic heterocycles.